The summed E-state index contributed by atoms with van der Waals surface area (Å²) < 4.78 is 15.4. The van der Waals surface area contributed by atoms with Crippen LogP contribution in [0, 0.1) is 44.9 Å². The lowest BCUT2D eigenvalue weighted by Gasteiger charge is -2.10. The quantitative estimate of drug-likeness (QED) is 0.0172. The number of aliphatic carboxylic acids is 2. The first-order chi connectivity index (χ1) is 40.3. The third-order valence-corrected chi connectivity index (χ3v) is 13.8. The van der Waals surface area contributed by atoms with Crippen LogP contribution in [0.25, 0.3) is 0 Å². The van der Waals surface area contributed by atoms with E-state index in [1.165, 1.54) is 35.2 Å². The van der Waals surface area contributed by atoms with Crippen LogP contribution in [0.15, 0.2) is 104 Å². The largest absolute Gasteiger partial charge is 0.481 e. The number of aromatic nitrogens is 6. The van der Waals surface area contributed by atoms with Gasteiger partial charge in [-0.15, -0.1) is 0 Å². The number of ether oxygens (including phenoxy) is 1. The maximum atomic E-state index is 13.5. The van der Waals surface area contributed by atoms with Crippen molar-refractivity contribution >= 4 is 52.4 Å². The van der Waals surface area contributed by atoms with Gasteiger partial charge in [-0.2, -0.15) is 0 Å². The number of hydrogen-bond donors (Lipinski definition) is 2. The summed E-state index contributed by atoms with van der Waals surface area (Å²) in [5, 5.41) is 41.0. The van der Waals surface area contributed by atoms with Gasteiger partial charge in [0.25, 0.3) is 11.4 Å². The molecule has 0 saturated carbocycles. The Balaban J connectivity index is 0.000000272. The van der Waals surface area contributed by atoms with E-state index >= 15 is 0 Å². The number of ketones is 4. The summed E-state index contributed by atoms with van der Waals surface area (Å²) in [4.78, 5) is 110. The van der Waals surface area contributed by atoms with Gasteiger partial charge >= 0.3 is 17.9 Å². The number of rotatable bonds is 32. The highest BCUT2D eigenvalue weighted by molar-refractivity contribution is 6.00. The highest BCUT2D eigenvalue weighted by atomic mass is 16.6. The molecule has 6 heterocycles. The number of carboxylic acids is 2. The van der Waals surface area contributed by atoms with Gasteiger partial charge in [-0.3, -0.25) is 49.0 Å². The second kappa shape index (κ2) is 29.9. The molecule has 0 aliphatic heterocycles. The predicted molar refractivity (Wildman–Crippen MR) is 317 cm³/mol. The summed E-state index contributed by atoms with van der Waals surface area (Å²) in [7, 11) is 0. The van der Waals surface area contributed by atoms with Crippen LogP contribution in [0.2, 0.25) is 0 Å². The van der Waals surface area contributed by atoms with Crippen LogP contribution in [0.1, 0.15) is 154 Å². The first-order valence-corrected chi connectivity index (χ1v) is 28.5. The molecule has 22 nitrogen and oxygen atoms in total. The Bertz CT molecular complexity index is 3540. The molecule has 6 aromatic heterocycles. The summed E-state index contributed by atoms with van der Waals surface area (Å²) in [6.07, 6.45) is 11.1. The number of nitro groups is 2. The number of hydrogen-bond acceptors (Lipinski definition) is 12. The third kappa shape index (κ3) is 18.6. The van der Waals surface area contributed by atoms with E-state index in [1.54, 1.807) is 45.2 Å². The molecule has 0 amide bonds. The zero-order valence-corrected chi connectivity index (χ0v) is 49.5. The normalized spacial score (nSPS) is 11.3. The molecule has 85 heavy (non-hydrogen) atoms. The van der Waals surface area contributed by atoms with Crippen molar-refractivity contribution in [3.8, 4) is 0 Å². The number of carbonyl (C=O) groups is 7. The highest BCUT2D eigenvalue weighted by Gasteiger charge is 2.26. The van der Waals surface area contributed by atoms with Crippen molar-refractivity contribution in [3.63, 3.8) is 0 Å². The SMILES string of the molecule is CCOC(=O)c1cc(CC(=O)c2cc(CC(=O)c3cc([N+](=O)[O-])cn3CC(C)C)cn2CC(C)C)cn1CCC(=O)O.Cc1cc(CC(=O)c2cc(CC(=O)c3cc([N+](=O)[O-])cn3CCCc3ccccc3)cn2CC(C)C)cn1CCC(=O)O. The first kappa shape index (κ1) is 65.0. The Morgan fingerprint density at radius 2 is 0.847 bits per heavy atom. The van der Waals surface area contributed by atoms with Gasteiger partial charge in [0, 0.05) is 108 Å². The Kier molecular flexibility index (Phi) is 22.8. The fourth-order valence-electron chi connectivity index (χ4n) is 10.2. The zero-order chi connectivity index (χ0) is 62.2. The van der Waals surface area contributed by atoms with Gasteiger partial charge in [0.05, 0.1) is 64.5 Å². The van der Waals surface area contributed by atoms with Gasteiger partial charge in [0.15, 0.2) is 23.1 Å². The lowest BCUT2D eigenvalue weighted by Crippen LogP contribution is -2.13. The van der Waals surface area contributed by atoms with Gasteiger partial charge in [0.2, 0.25) is 0 Å². The van der Waals surface area contributed by atoms with Crippen LogP contribution < -0.4 is 0 Å². The number of carbonyl (C=O) groups excluding carboxylic acids is 5. The van der Waals surface area contributed by atoms with Crippen LogP contribution in [0.5, 0.6) is 0 Å². The van der Waals surface area contributed by atoms with Gasteiger partial charge in [-0.25, -0.2) is 4.79 Å². The molecule has 0 aliphatic carbocycles. The number of aryl methyl sites for hydroxylation is 5. The Hall–Kier alpha value is -9.21. The van der Waals surface area contributed by atoms with Crippen molar-refractivity contribution in [2.24, 2.45) is 17.8 Å². The van der Waals surface area contributed by atoms with Gasteiger partial charge in [0.1, 0.15) is 5.69 Å². The fourth-order valence-corrected chi connectivity index (χ4v) is 10.2. The second-order valence-corrected chi connectivity index (χ2v) is 22.6. The zero-order valence-electron chi connectivity index (χ0n) is 49.5. The van der Waals surface area contributed by atoms with Crippen molar-refractivity contribution in [3.05, 3.63) is 186 Å². The summed E-state index contributed by atoms with van der Waals surface area (Å²) in [5.74, 6) is -2.76. The number of benzene rings is 1. The van der Waals surface area contributed by atoms with Crippen LogP contribution in [0.4, 0.5) is 11.4 Å². The Morgan fingerprint density at radius 3 is 1.28 bits per heavy atom. The molecule has 0 fully saturated rings. The molecule has 0 radical (unpaired) electrons. The van der Waals surface area contributed by atoms with Gasteiger partial charge in [-0.05, 0) is 96.5 Å². The monoisotopic (exact) mass is 1170 g/mol. The topological polar surface area (TPSA) is 285 Å². The maximum Gasteiger partial charge on any atom is 0.354 e. The van der Waals surface area contributed by atoms with E-state index in [4.69, 9.17) is 14.9 Å². The van der Waals surface area contributed by atoms with Crippen LogP contribution in [0.3, 0.4) is 0 Å². The number of nitrogens with zero attached hydrogens (tertiary/aromatic N) is 8. The minimum Gasteiger partial charge on any atom is -0.481 e. The van der Waals surface area contributed by atoms with Crippen LogP contribution >= 0.6 is 0 Å². The van der Waals surface area contributed by atoms with E-state index in [-0.39, 0.29) is 121 Å². The van der Waals surface area contributed by atoms with E-state index in [1.807, 2.05) is 106 Å². The number of Topliss-reactive ketones (excluding diaryl/α,β-unsaturated/α-hetero) is 4. The fraction of sp³-hybridized carbons (Fsp3) is 0.413. The molecular formula is C63H76N8O14. The molecule has 452 valence electrons. The standard InChI is InChI=1S/C33H38N4O6.C30H38N4O8/c1-23(2)19-36-21-27(15-29(36)31(38)16-26-14-24(3)34(20-26)13-11-33(40)41)17-32(39)30-18-28(37(42)43)22-35(30)12-7-10-25-8-5-4-6-9-25;1-6-42-30(39)26-10-22(16-31(26)8-7-29(37)38)12-27(35)24-9-21(17-32(24)14-19(2)3)11-28(36)25-13-23(34(40)41)18-33(25)15-20(4)5/h4-6,8-9,14-15,18,20-23H,7,10-13,16-17,19H2,1-3H3,(H,40,41);9-10,13,16-20H,6-8,11-12,14-15H2,1-5H3,(H,37,38). The molecule has 0 bridgehead atoms. The molecule has 0 saturated heterocycles. The van der Waals surface area contributed by atoms with Gasteiger partial charge < -0.3 is 42.4 Å². The summed E-state index contributed by atoms with van der Waals surface area (Å²) >= 11 is 0. The summed E-state index contributed by atoms with van der Waals surface area (Å²) in [6.45, 7) is 18.1. The lowest BCUT2D eigenvalue weighted by atomic mass is 10.1. The molecule has 0 spiro atoms. The molecule has 0 unspecified atom stereocenters. The molecule has 0 atom stereocenters. The van der Waals surface area contributed by atoms with Crippen molar-refractivity contribution in [1.82, 2.24) is 27.4 Å². The third-order valence-electron chi connectivity index (χ3n) is 13.8. The average Bonchev–Trinajstić information content (AvgIpc) is 3.73. The van der Waals surface area contributed by atoms with Crippen LogP contribution in [-0.4, -0.2) is 95.1 Å². The smallest absolute Gasteiger partial charge is 0.354 e. The van der Waals surface area contributed by atoms with Crippen LogP contribution in [-0.2, 0) is 85.7 Å². The molecule has 7 aromatic rings. The molecule has 0 aliphatic rings. The van der Waals surface area contributed by atoms with E-state index in [2.05, 4.69) is 0 Å². The summed E-state index contributed by atoms with van der Waals surface area (Å²) in [6, 6.07) is 19.4. The predicted octanol–water partition coefficient (Wildman–Crippen LogP) is 10.7. The van der Waals surface area contributed by atoms with Crippen molar-refractivity contribution < 1.29 is 58.4 Å². The number of esters is 1. The molecular weight excluding hydrogens is 1090 g/mol. The average molecular weight is 1170 g/mol. The summed E-state index contributed by atoms with van der Waals surface area (Å²) in [5.41, 5.74) is 5.96. The van der Waals surface area contributed by atoms with Crippen molar-refractivity contribution in [2.75, 3.05) is 6.61 Å². The molecule has 7 rings (SSSR count). The lowest BCUT2D eigenvalue weighted by molar-refractivity contribution is -0.385. The van der Waals surface area contributed by atoms with E-state index in [0.717, 1.165) is 29.7 Å². The van der Waals surface area contributed by atoms with Crippen molar-refractivity contribution in [1.29, 1.82) is 0 Å². The minimum atomic E-state index is -1.02. The molecule has 2 N–H and O–H groups in total. The van der Waals surface area contributed by atoms with Gasteiger partial charge in [-0.1, -0.05) is 71.9 Å². The van der Waals surface area contributed by atoms with E-state index in [0.29, 0.717) is 60.8 Å². The Morgan fingerprint density at radius 1 is 0.482 bits per heavy atom. The van der Waals surface area contributed by atoms with E-state index in [9.17, 15) is 53.8 Å². The first-order valence-electron chi connectivity index (χ1n) is 28.5. The molecule has 1 aromatic carbocycles. The highest BCUT2D eigenvalue weighted by Crippen LogP contribution is 2.25. The minimum absolute atomic E-state index is 0.00288. The van der Waals surface area contributed by atoms with E-state index < -0.39 is 27.8 Å². The van der Waals surface area contributed by atoms with Crippen molar-refractivity contribution in [2.45, 2.75) is 146 Å². The number of carboxylic acid groups (broad SMARTS) is 2. The Labute approximate surface area is 492 Å². The molecule has 22 heteroatoms. The maximum absolute atomic E-state index is 13.5. The second-order valence-electron chi connectivity index (χ2n) is 22.6.